The first-order chi connectivity index (χ1) is 14.6. The molecule has 1 aromatic carbocycles. The Bertz CT molecular complexity index is 1140. The Morgan fingerprint density at radius 3 is 2.67 bits per heavy atom. The van der Waals surface area contributed by atoms with Gasteiger partial charge in [-0.2, -0.15) is 0 Å². The lowest BCUT2D eigenvalue weighted by Gasteiger charge is -2.32. The van der Waals surface area contributed by atoms with E-state index in [1.54, 1.807) is 0 Å². The smallest absolute Gasteiger partial charge is 0.264 e. The molecule has 0 saturated carbocycles. The van der Waals surface area contributed by atoms with Gasteiger partial charge in [0.1, 0.15) is 10.7 Å². The summed E-state index contributed by atoms with van der Waals surface area (Å²) < 4.78 is 1.81. The number of carbonyl (C=O) groups excluding carboxylic acids is 1. The Morgan fingerprint density at radius 1 is 1.13 bits per heavy atom. The normalized spacial score (nSPS) is 17.3. The summed E-state index contributed by atoms with van der Waals surface area (Å²) in [6.07, 6.45) is 6.08. The minimum Gasteiger partial charge on any atom is -0.338 e. The number of piperidine rings is 1. The van der Waals surface area contributed by atoms with Crippen molar-refractivity contribution in [1.82, 2.24) is 14.5 Å². The molecule has 5 nitrogen and oxygen atoms in total. The summed E-state index contributed by atoms with van der Waals surface area (Å²) in [6, 6.07) is 10.6. The maximum atomic E-state index is 13.3. The molecule has 2 aromatic heterocycles. The van der Waals surface area contributed by atoms with Crippen molar-refractivity contribution in [3.05, 3.63) is 62.5 Å². The van der Waals surface area contributed by atoms with Crippen molar-refractivity contribution < 1.29 is 4.79 Å². The molecule has 0 radical (unpaired) electrons. The van der Waals surface area contributed by atoms with Gasteiger partial charge in [0, 0.05) is 26.1 Å². The minimum atomic E-state index is 0.0315. The molecule has 0 atom stereocenters. The molecule has 5 rings (SSSR count). The van der Waals surface area contributed by atoms with E-state index in [0.29, 0.717) is 16.2 Å². The van der Waals surface area contributed by atoms with Gasteiger partial charge >= 0.3 is 0 Å². The molecule has 3 aromatic rings. The molecule has 0 bridgehead atoms. The van der Waals surface area contributed by atoms with Crippen molar-refractivity contribution in [3.8, 4) is 0 Å². The Balaban J connectivity index is 1.35. The number of thiophene rings is 1. The molecule has 30 heavy (non-hydrogen) atoms. The van der Waals surface area contributed by atoms with Gasteiger partial charge in [0.25, 0.3) is 11.5 Å². The van der Waals surface area contributed by atoms with E-state index in [1.165, 1.54) is 16.9 Å². The lowest BCUT2D eigenvalue weighted by Crippen LogP contribution is -2.38. The second-order valence-electron chi connectivity index (χ2n) is 8.60. The fourth-order valence-corrected chi connectivity index (χ4v) is 6.03. The molecule has 4 heterocycles. The lowest BCUT2D eigenvalue weighted by molar-refractivity contribution is 0.0695. The van der Waals surface area contributed by atoms with Crippen molar-refractivity contribution in [2.75, 3.05) is 13.1 Å². The van der Waals surface area contributed by atoms with Crippen LogP contribution in [0.15, 0.2) is 35.1 Å². The van der Waals surface area contributed by atoms with Crippen LogP contribution in [0, 0.1) is 12.8 Å². The Kier molecular flexibility index (Phi) is 5.19. The number of benzene rings is 1. The summed E-state index contributed by atoms with van der Waals surface area (Å²) in [6.45, 7) is 4.22. The standard InChI is InChI=1S/C24H27N3O2S/c1-16-20-22(25-19-9-5-6-12-27(19)23(20)28)30-21(16)24(29)26-13-10-18(11-14-26)15-17-7-3-2-4-8-17/h2-4,7-8,18H,5-6,9-15H2,1H3. The number of hydrogen-bond acceptors (Lipinski definition) is 4. The van der Waals surface area contributed by atoms with E-state index in [1.807, 2.05) is 16.4 Å². The van der Waals surface area contributed by atoms with Crippen molar-refractivity contribution >= 4 is 27.5 Å². The molecule has 0 spiro atoms. The Hall–Kier alpha value is -2.47. The third-order valence-corrected chi connectivity index (χ3v) is 7.80. The monoisotopic (exact) mass is 421 g/mol. The SMILES string of the molecule is Cc1c(C(=O)N2CCC(Cc3ccccc3)CC2)sc2nc3n(c(=O)c12)CCCC3. The van der Waals surface area contributed by atoms with Gasteiger partial charge in [0.15, 0.2) is 0 Å². The molecule has 1 saturated heterocycles. The zero-order valence-electron chi connectivity index (χ0n) is 17.4. The van der Waals surface area contributed by atoms with Gasteiger partial charge in [0.2, 0.25) is 0 Å². The number of aryl methyl sites for hydroxylation is 2. The van der Waals surface area contributed by atoms with Crippen LogP contribution in [0.25, 0.3) is 10.2 Å². The first-order valence-electron chi connectivity index (χ1n) is 11.0. The number of nitrogens with zero attached hydrogens (tertiary/aromatic N) is 3. The highest BCUT2D eigenvalue weighted by molar-refractivity contribution is 7.20. The first-order valence-corrected chi connectivity index (χ1v) is 11.8. The summed E-state index contributed by atoms with van der Waals surface area (Å²) in [5.41, 5.74) is 2.21. The van der Waals surface area contributed by atoms with E-state index in [2.05, 4.69) is 30.3 Å². The minimum absolute atomic E-state index is 0.0315. The Morgan fingerprint density at radius 2 is 1.90 bits per heavy atom. The number of likely N-dealkylation sites (tertiary alicyclic amines) is 1. The Labute approximate surface area is 180 Å². The highest BCUT2D eigenvalue weighted by Crippen LogP contribution is 2.31. The van der Waals surface area contributed by atoms with Gasteiger partial charge in [-0.3, -0.25) is 14.2 Å². The number of fused-ring (bicyclic) bond motifs is 2. The largest absolute Gasteiger partial charge is 0.338 e. The maximum Gasteiger partial charge on any atom is 0.264 e. The second-order valence-corrected chi connectivity index (χ2v) is 9.60. The lowest BCUT2D eigenvalue weighted by atomic mass is 9.90. The molecule has 0 aliphatic carbocycles. The molecule has 0 N–H and O–H groups in total. The fourth-order valence-electron chi connectivity index (χ4n) is 4.87. The number of aromatic nitrogens is 2. The maximum absolute atomic E-state index is 13.3. The highest BCUT2D eigenvalue weighted by atomic mass is 32.1. The van der Waals surface area contributed by atoms with Crippen LogP contribution in [0.5, 0.6) is 0 Å². The average molecular weight is 422 g/mol. The summed E-state index contributed by atoms with van der Waals surface area (Å²) in [5.74, 6) is 1.56. The number of carbonyl (C=O) groups is 1. The highest BCUT2D eigenvalue weighted by Gasteiger charge is 2.28. The number of rotatable bonds is 3. The van der Waals surface area contributed by atoms with Crippen LogP contribution >= 0.6 is 11.3 Å². The predicted octanol–water partition coefficient (Wildman–Crippen LogP) is 4.20. The first kappa shape index (κ1) is 19.5. The van der Waals surface area contributed by atoms with Crippen molar-refractivity contribution in [1.29, 1.82) is 0 Å². The van der Waals surface area contributed by atoms with Gasteiger partial charge in [-0.1, -0.05) is 30.3 Å². The number of hydrogen-bond donors (Lipinski definition) is 0. The van der Waals surface area contributed by atoms with Crippen LogP contribution in [0.1, 0.15) is 52.3 Å². The molecule has 156 valence electrons. The van der Waals surface area contributed by atoms with E-state index in [-0.39, 0.29) is 11.5 Å². The van der Waals surface area contributed by atoms with Crippen LogP contribution in [0.2, 0.25) is 0 Å². The van der Waals surface area contributed by atoms with Crippen LogP contribution in [0.4, 0.5) is 0 Å². The molecule has 6 heteroatoms. The van der Waals surface area contributed by atoms with Crippen LogP contribution < -0.4 is 5.56 Å². The van der Waals surface area contributed by atoms with E-state index >= 15 is 0 Å². The van der Waals surface area contributed by atoms with Crippen LogP contribution in [-0.2, 0) is 19.4 Å². The van der Waals surface area contributed by atoms with E-state index in [0.717, 1.165) is 74.4 Å². The molecule has 1 amide bonds. The summed E-state index contributed by atoms with van der Waals surface area (Å²) >= 11 is 1.40. The predicted molar refractivity (Wildman–Crippen MR) is 120 cm³/mol. The third kappa shape index (κ3) is 3.47. The van der Waals surface area contributed by atoms with Gasteiger partial charge in [-0.15, -0.1) is 11.3 Å². The molecular formula is C24H27N3O2S. The molecule has 1 fully saturated rings. The zero-order valence-corrected chi connectivity index (χ0v) is 18.2. The molecule has 0 unspecified atom stereocenters. The fraction of sp³-hybridized carbons (Fsp3) is 0.458. The molecule has 2 aliphatic heterocycles. The van der Waals surface area contributed by atoms with E-state index in [4.69, 9.17) is 4.98 Å². The molecule has 2 aliphatic rings. The summed E-state index contributed by atoms with van der Waals surface area (Å²) in [4.78, 5) is 34.5. The number of amides is 1. The second kappa shape index (κ2) is 7.99. The van der Waals surface area contributed by atoms with Gasteiger partial charge in [-0.25, -0.2) is 4.98 Å². The van der Waals surface area contributed by atoms with Crippen molar-refractivity contribution in [2.45, 2.75) is 52.0 Å². The van der Waals surface area contributed by atoms with Gasteiger partial charge in [-0.05, 0) is 56.1 Å². The summed E-state index contributed by atoms with van der Waals surface area (Å²) in [7, 11) is 0. The van der Waals surface area contributed by atoms with E-state index in [9.17, 15) is 9.59 Å². The van der Waals surface area contributed by atoms with Crippen molar-refractivity contribution in [2.24, 2.45) is 5.92 Å². The van der Waals surface area contributed by atoms with Crippen molar-refractivity contribution in [3.63, 3.8) is 0 Å². The van der Waals surface area contributed by atoms with E-state index < -0.39 is 0 Å². The zero-order chi connectivity index (χ0) is 20.7. The van der Waals surface area contributed by atoms with Gasteiger partial charge < -0.3 is 4.90 Å². The summed E-state index contributed by atoms with van der Waals surface area (Å²) in [5, 5.41) is 0.646. The quantitative estimate of drug-likeness (QED) is 0.637. The third-order valence-electron chi connectivity index (χ3n) is 6.62. The molecular weight excluding hydrogens is 394 g/mol. The van der Waals surface area contributed by atoms with Gasteiger partial charge in [0.05, 0.1) is 10.3 Å². The topological polar surface area (TPSA) is 55.2 Å². The average Bonchev–Trinajstić information content (AvgIpc) is 3.11. The van der Waals surface area contributed by atoms with Crippen LogP contribution in [-0.4, -0.2) is 33.4 Å². The van der Waals surface area contributed by atoms with Crippen LogP contribution in [0.3, 0.4) is 0 Å².